The molecule has 132 valence electrons. The van der Waals surface area contributed by atoms with E-state index in [4.69, 9.17) is 19.2 Å². The van der Waals surface area contributed by atoms with Crippen molar-refractivity contribution in [1.82, 2.24) is 9.55 Å². The summed E-state index contributed by atoms with van der Waals surface area (Å²) in [5, 5.41) is 0. The Kier molecular flexibility index (Phi) is 4.70. The number of imidazole rings is 1. The Morgan fingerprint density at radius 1 is 1.00 bits per heavy atom. The number of hydrogen-bond acceptors (Lipinski definition) is 5. The molecule has 0 fully saturated rings. The summed E-state index contributed by atoms with van der Waals surface area (Å²) < 4.78 is 18.4. The molecule has 0 unspecified atom stereocenters. The molecule has 25 heavy (non-hydrogen) atoms. The second-order valence-corrected chi connectivity index (χ2v) is 5.82. The number of benzene rings is 2. The SMILES string of the molecule is COc1cc(N(C)Cc2nc3ccccc3n2C)cc(OC)c1OC. The minimum atomic E-state index is 0.588. The maximum absolute atomic E-state index is 5.44. The largest absolute Gasteiger partial charge is 0.493 e. The van der Waals surface area contributed by atoms with Gasteiger partial charge in [0.1, 0.15) is 5.82 Å². The quantitative estimate of drug-likeness (QED) is 0.689. The summed E-state index contributed by atoms with van der Waals surface area (Å²) in [5.74, 6) is 2.84. The molecule has 0 aliphatic rings. The average Bonchev–Trinajstić information content (AvgIpc) is 2.96. The third-order valence-electron chi connectivity index (χ3n) is 4.35. The molecule has 0 aliphatic heterocycles. The van der Waals surface area contributed by atoms with E-state index in [2.05, 4.69) is 15.5 Å². The van der Waals surface area contributed by atoms with Crippen LogP contribution >= 0.6 is 0 Å². The normalized spacial score (nSPS) is 10.8. The molecule has 1 aromatic heterocycles. The molecule has 0 spiro atoms. The van der Waals surface area contributed by atoms with Crippen LogP contribution in [-0.2, 0) is 13.6 Å². The molecule has 0 bridgehead atoms. The van der Waals surface area contributed by atoms with Gasteiger partial charge in [0.2, 0.25) is 5.75 Å². The van der Waals surface area contributed by atoms with Gasteiger partial charge in [-0.1, -0.05) is 12.1 Å². The summed E-state index contributed by atoms with van der Waals surface area (Å²) in [5.41, 5.74) is 3.08. The Labute approximate surface area is 147 Å². The van der Waals surface area contributed by atoms with Crippen molar-refractivity contribution in [1.29, 1.82) is 0 Å². The first-order valence-electron chi connectivity index (χ1n) is 8.00. The van der Waals surface area contributed by atoms with Crippen molar-refractivity contribution in [3.63, 3.8) is 0 Å². The second-order valence-electron chi connectivity index (χ2n) is 5.82. The first-order chi connectivity index (χ1) is 12.1. The van der Waals surface area contributed by atoms with Crippen LogP contribution in [0.25, 0.3) is 11.0 Å². The molecule has 6 nitrogen and oxygen atoms in total. The number of nitrogens with zero attached hydrogens (tertiary/aromatic N) is 3. The molecule has 0 radical (unpaired) electrons. The van der Waals surface area contributed by atoms with Gasteiger partial charge >= 0.3 is 0 Å². The number of aryl methyl sites for hydroxylation is 1. The van der Waals surface area contributed by atoms with E-state index in [1.165, 1.54) is 0 Å². The zero-order valence-electron chi connectivity index (χ0n) is 15.2. The van der Waals surface area contributed by atoms with Crippen LogP contribution in [0.15, 0.2) is 36.4 Å². The fourth-order valence-corrected chi connectivity index (χ4v) is 2.93. The minimum Gasteiger partial charge on any atom is -0.493 e. The molecule has 3 rings (SSSR count). The Morgan fingerprint density at radius 2 is 1.64 bits per heavy atom. The van der Waals surface area contributed by atoms with Gasteiger partial charge in [0, 0.05) is 31.9 Å². The molecule has 0 saturated heterocycles. The van der Waals surface area contributed by atoms with E-state index in [9.17, 15) is 0 Å². The highest BCUT2D eigenvalue weighted by atomic mass is 16.5. The summed E-state index contributed by atoms with van der Waals surface area (Å²) >= 11 is 0. The van der Waals surface area contributed by atoms with Gasteiger partial charge in [0.05, 0.1) is 38.9 Å². The van der Waals surface area contributed by atoms with Crippen LogP contribution in [0.3, 0.4) is 0 Å². The number of methoxy groups -OCH3 is 3. The van der Waals surface area contributed by atoms with E-state index >= 15 is 0 Å². The average molecular weight is 341 g/mol. The molecular weight excluding hydrogens is 318 g/mol. The van der Waals surface area contributed by atoms with Crippen LogP contribution in [0.5, 0.6) is 17.2 Å². The molecule has 0 atom stereocenters. The van der Waals surface area contributed by atoms with Gasteiger partial charge in [-0.05, 0) is 12.1 Å². The van der Waals surface area contributed by atoms with Crippen molar-refractivity contribution in [3.8, 4) is 17.2 Å². The predicted octanol–water partition coefficient (Wildman–Crippen LogP) is 3.24. The fraction of sp³-hybridized carbons (Fsp3) is 0.316. The van der Waals surface area contributed by atoms with Crippen molar-refractivity contribution in [2.75, 3.05) is 33.3 Å². The van der Waals surface area contributed by atoms with Gasteiger partial charge in [-0.25, -0.2) is 4.98 Å². The number of para-hydroxylation sites is 2. The zero-order chi connectivity index (χ0) is 18.0. The lowest BCUT2D eigenvalue weighted by Crippen LogP contribution is -2.19. The molecular formula is C19H23N3O3. The van der Waals surface area contributed by atoms with Crippen molar-refractivity contribution >= 4 is 16.7 Å². The maximum Gasteiger partial charge on any atom is 0.203 e. The monoisotopic (exact) mass is 341 g/mol. The highest BCUT2D eigenvalue weighted by molar-refractivity contribution is 5.76. The van der Waals surface area contributed by atoms with Crippen LogP contribution < -0.4 is 19.1 Å². The summed E-state index contributed by atoms with van der Waals surface area (Å²) in [6.07, 6.45) is 0. The summed E-state index contributed by atoms with van der Waals surface area (Å²) in [7, 11) is 8.88. The molecule has 2 aromatic carbocycles. The van der Waals surface area contributed by atoms with Crippen molar-refractivity contribution in [3.05, 3.63) is 42.2 Å². The number of ether oxygens (including phenoxy) is 3. The molecule has 0 amide bonds. The highest BCUT2D eigenvalue weighted by Gasteiger charge is 2.16. The number of hydrogen-bond donors (Lipinski definition) is 0. The van der Waals surface area contributed by atoms with E-state index in [0.717, 1.165) is 22.5 Å². The number of fused-ring (bicyclic) bond motifs is 1. The topological polar surface area (TPSA) is 48.8 Å². The standard InChI is InChI=1S/C19H23N3O3/c1-21(12-18-20-14-8-6-7-9-15(14)22(18)2)13-10-16(23-3)19(25-5)17(11-13)24-4/h6-11H,12H2,1-5H3. The van der Waals surface area contributed by atoms with Gasteiger partial charge in [0.25, 0.3) is 0 Å². The molecule has 0 aliphatic carbocycles. The third-order valence-corrected chi connectivity index (χ3v) is 4.35. The van der Waals surface area contributed by atoms with E-state index < -0.39 is 0 Å². The molecule has 0 saturated carbocycles. The Bertz CT molecular complexity index is 864. The van der Waals surface area contributed by atoms with E-state index in [0.29, 0.717) is 23.8 Å². The van der Waals surface area contributed by atoms with Crippen LogP contribution in [-0.4, -0.2) is 37.9 Å². The lowest BCUT2D eigenvalue weighted by Gasteiger charge is -2.22. The van der Waals surface area contributed by atoms with Crippen LogP contribution in [0, 0.1) is 0 Å². The van der Waals surface area contributed by atoms with Crippen LogP contribution in [0.2, 0.25) is 0 Å². The minimum absolute atomic E-state index is 0.588. The maximum atomic E-state index is 5.44. The van der Waals surface area contributed by atoms with Crippen LogP contribution in [0.4, 0.5) is 5.69 Å². The Morgan fingerprint density at radius 3 is 2.20 bits per heavy atom. The first kappa shape index (κ1) is 17.0. The van der Waals surface area contributed by atoms with Crippen molar-refractivity contribution in [2.45, 2.75) is 6.54 Å². The van der Waals surface area contributed by atoms with Crippen molar-refractivity contribution in [2.24, 2.45) is 7.05 Å². The summed E-state index contributed by atoms with van der Waals surface area (Å²) in [4.78, 5) is 6.83. The Balaban J connectivity index is 1.94. The molecule has 6 heteroatoms. The van der Waals surface area contributed by atoms with E-state index in [1.54, 1.807) is 21.3 Å². The van der Waals surface area contributed by atoms with E-state index in [-0.39, 0.29) is 0 Å². The second kappa shape index (κ2) is 6.93. The lowest BCUT2D eigenvalue weighted by atomic mass is 10.2. The Hall–Kier alpha value is -2.89. The lowest BCUT2D eigenvalue weighted by molar-refractivity contribution is 0.324. The van der Waals surface area contributed by atoms with Crippen LogP contribution in [0.1, 0.15) is 5.82 Å². The zero-order valence-corrected chi connectivity index (χ0v) is 15.2. The van der Waals surface area contributed by atoms with Crippen molar-refractivity contribution < 1.29 is 14.2 Å². The highest BCUT2D eigenvalue weighted by Crippen LogP contribution is 2.41. The van der Waals surface area contributed by atoms with E-state index in [1.807, 2.05) is 44.4 Å². The number of rotatable bonds is 6. The van der Waals surface area contributed by atoms with Gasteiger partial charge in [0.15, 0.2) is 11.5 Å². The number of anilines is 1. The van der Waals surface area contributed by atoms with Gasteiger partial charge in [-0.3, -0.25) is 0 Å². The molecule has 0 N–H and O–H groups in total. The summed E-state index contributed by atoms with van der Waals surface area (Å²) in [6, 6.07) is 12.0. The molecule has 1 heterocycles. The smallest absolute Gasteiger partial charge is 0.203 e. The summed E-state index contributed by atoms with van der Waals surface area (Å²) in [6.45, 7) is 0.657. The fourth-order valence-electron chi connectivity index (χ4n) is 2.93. The van der Waals surface area contributed by atoms with Gasteiger partial charge in [-0.15, -0.1) is 0 Å². The first-order valence-corrected chi connectivity index (χ1v) is 8.00. The van der Waals surface area contributed by atoms with Gasteiger partial charge in [-0.2, -0.15) is 0 Å². The van der Waals surface area contributed by atoms with Gasteiger partial charge < -0.3 is 23.7 Å². The third kappa shape index (κ3) is 3.07. The molecule has 3 aromatic rings. The predicted molar refractivity (Wildman–Crippen MR) is 98.9 cm³/mol. The number of aromatic nitrogens is 2.